The molecule has 1 atom stereocenters. The third kappa shape index (κ3) is 3.58. The molecule has 26 heavy (non-hydrogen) atoms. The molecule has 8 nitrogen and oxygen atoms in total. The van der Waals surface area contributed by atoms with Gasteiger partial charge in [-0.25, -0.2) is 9.97 Å². The second-order valence-corrected chi connectivity index (χ2v) is 6.36. The van der Waals surface area contributed by atoms with Gasteiger partial charge in [-0.3, -0.25) is 9.48 Å². The molecule has 0 unspecified atom stereocenters. The summed E-state index contributed by atoms with van der Waals surface area (Å²) in [5, 5.41) is 7.64. The standard InChI is InChI=1S/C18H20N6O2/c25-17(15-4-9-26-13-15)23-10-14(11-24-16(12-23)3-8-22-24)2-7-21-18-19-5-1-6-20-18/h1,3-6,8-9,13-14H,2,7,10-12H2,(H,19,20,21)/t14-/m0/s1. The number of nitrogens with one attached hydrogen (secondary N) is 1. The minimum absolute atomic E-state index is 0.0160. The number of anilines is 1. The Kier molecular flexibility index (Phi) is 4.63. The normalized spacial score (nSPS) is 16.8. The molecule has 0 radical (unpaired) electrons. The molecule has 3 aromatic heterocycles. The first-order chi connectivity index (χ1) is 12.8. The zero-order valence-corrected chi connectivity index (χ0v) is 14.3. The molecule has 134 valence electrons. The number of furan rings is 1. The Balaban J connectivity index is 1.45. The smallest absolute Gasteiger partial charge is 0.257 e. The van der Waals surface area contributed by atoms with Crippen LogP contribution in [-0.4, -0.2) is 43.6 Å². The van der Waals surface area contributed by atoms with Crippen LogP contribution in [-0.2, 0) is 13.1 Å². The molecule has 3 aromatic rings. The molecule has 1 N–H and O–H groups in total. The summed E-state index contributed by atoms with van der Waals surface area (Å²) in [4.78, 5) is 23.0. The average molecular weight is 352 g/mol. The molecule has 0 aromatic carbocycles. The van der Waals surface area contributed by atoms with E-state index >= 15 is 0 Å². The first-order valence-electron chi connectivity index (χ1n) is 8.62. The minimum Gasteiger partial charge on any atom is -0.472 e. The van der Waals surface area contributed by atoms with Crippen molar-refractivity contribution < 1.29 is 9.21 Å². The van der Waals surface area contributed by atoms with Crippen LogP contribution >= 0.6 is 0 Å². The van der Waals surface area contributed by atoms with Crippen LogP contribution < -0.4 is 5.32 Å². The van der Waals surface area contributed by atoms with Gasteiger partial charge in [0.1, 0.15) is 6.26 Å². The Labute approximate surface area is 150 Å². The largest absolute Gasteiger partial charge is 0.472 e. The molecular weight excluding hydrogens is 332 g/mol. The van der Waals surface area contributed by atoms with Gasteiger partial charge in [0.15, 0.2) is 0 Å². The van der Waals surface area contributed by atoms with Gasteiger partial charge in [-0.1, -0.05) is 0 Å². The van der Waals surface area contributed by atoms with E-state index in [4.69, 9.17) is 4.42 Å². The van der Waals surface area contributed by atoms with Crippen LogP contribution in [0.25, 0.3) is 0 Å². The van der Waals surface area contributed by atoms with Gasteiger partial charge in [0.2, 0.25) is 5.95 Å². The van der Waals surface area contributed by atoms with E-state index in [1.165, 1.54) is 12.5 Å². The summed E-state index contributed by atoms with van der Waals surface area (Å²) >= 11 is 0. The summed E-state index contributed by atoms with van der Waals surface area (Å²) in [7, 11) is 0. The summed E-state index contributed by atoms with van der Waals surface area (Å²) < 4.78 is 7.06. The highest BCUT2D eigenvalue weighted by atomic mass is 16.3. The van der Waals surface area contributed by atoms with Crippen LogP contribution in [0.4, 0.5) is 5.95 Å². The van der Waals surface area contributed by atoms with Gasteiger partial charge in [0, 0.05) is 38.2 Å². The quantitative estimate of drug-likeness (QED) is 0.756. The molecule has 1 amide bonds. The number of carbonyl (C=O) groups is 1. The van der Waals surface area contributed by atoms with Crippen LogP contribution in [0, 0.1) is 5.92 Å². The lowest BCUT2D eigenvalue weighted by molar-refractivity contribution is 0.0718. The highest BCUT2D eigenvalue weighted by Crippen LogP contribution is 2.20. The predicted molar refractivity (Wildman–Crippen MR) is 94.3 cm³/mol. The molecule has 1 aliphatic heterocycles. The second kappa shape index (κ2) is 7.38. The minimum atomic E-state index is -0.0160. The maximum absolute atomic E-state index is 12.8. The van der Waals surface area contributed by atoms with Crippen LogP contribution in [0.2, 0.25) is 0 Å². The number of rotatable bonds is 5. The molecule has 0 saturated heterocycles. The SMILES string of the molecule is O=C(c1ccoc1)N1Cc2ccnn2C[C@@H](CCNc2ncccn2)C1. The number of hydrogen-bond acceptors (Lipinski definition) is 6. The lowest BCUT2D eigenvalue weighted by Crippen LogP contribution is -2.34. The Hall–Kier alpha value is -3.16. The maximum Gasteiger partial charge on any atom is 0.257 e. The van der Waals surface area contributed by atoms with Crippen molar-refractivity contribution in [1.29, 1.82) is 0 Å². The van der Waals surface area contributed by atoms with E-state index in [-0.39, 0.29) is 11.8 Å². The molecule has 1 aliphatic rings. The van der Waals surface area contributed by atoms with Crippen LogP contribution in [0.3, 0.4) is 0 Å². The van der Waals surface area contributed by atoms with Crippen LogP contribution in [0.15, 0.2) is 53.7 Å². The van der Waals surface area contributed by atoms with Crippen molar-refractivity contribution >= 4 is 11.9 Å². The molecule has 0 spiro atoms. The fourth-order valence-electron chi connectivity index (χ4n) is 3.22. The molecule has 4 heterocycles. The van der Waals surface area contributed by atoms with E-state index < -0.39 is 0 Å². The first kappa shape index (κ1) is 16.3. The zero-order chi connectivity index (χ0) is 17.8. The highest BCUT2D eigenvalue weighted by Gasteiger charge is 2.26. The summed E-state index contributed by atoms with van der Waals surface area (Å²) in [5.74, 6) is 0.883. The summed E-state index contributed by atoms with van der Waals surface area (Å²) in [6, 6.07) is 5.46. The molecule has 0 saturated carbocycles. The molecule has 4 rings (SSSR count). The van der Waals surface area contributed by atoms with Crippen molar-refractivity contribution in [3.63, 3.8) is 0 Å². The Bertz CT molecular complexity index is 846. The van der Waals surface area contributed by atoms with Crippen molar-refractivity contribution in [2.24, 2.45) is 5.92 Å². The summed E-state index contributed by atoms with van der Waals surface area (Å²) in [6.45, 7) is 2.74. The van der Waals surface area contributed by atoms with Crippen molar-refractivity contribution in [3.8, 4) is 0 Å². The van der Waals surface area contributed by atoms with Gasteiger partial charge in [-0.05, 0) is 30.5 Å². The number of carbonyl (C=O) groups excluding carboxylic acids is 1. The van der Waals surface area contributed by atoms with Gasteiger partial charge in [-0.15, -0.1) is 0 Å². The fourth-order valence-corrected chi connectivity index (χ4v) is 3.22. The van der Waals surface area contributed by atoms with E-state index in [9.17, 15) is 4.79 Å². The summed E-state index contributed by atoms with van der Waals surface area (Å²) in [6.07, 6.45) is 9.11. The van der Waals surface area contributed by atoms with Crippen LogP contribution in [0.1, 0.15) is 22.5 Å². The van der Waals surface area contributed by atoms with Crippen molar-refractivity contribution in [2.45, 2.75) is 19.5 Å². The van der Waals surface area contributed by atoms with Gasteiger partial charge < -0.3 is 14.6 Å². The van der Waals surface area contributed by atoms with Crippen LogP contribution in [0.5, 0.6) is 0 Å². The zero-order valence-electron chi connectivity index (χ0n) is 14.3. The molecular formula is C18H20N6O2. The highest BCUT2D eigenvalue weighted by molar-refractivity contribution is 5.93. The Morgan fingerprint density at radius 3 is 2.92 bits per heavy atom. The topological polar surface area (TPSA) is 89.1 Å². The third-order valence-corrected chi connectivity index (χ3v) is 4.52. The summed E-state index contributed by atoms with van der Waals surface area (Å²) in [5.41, 5.74) is 1.62. The van der Waals surface area contributed by atoms with Gasteiger partial charge in [0.05, 0.1) is 24.1 Å². The molecule has 8 heteroatoms. The molecule has 0 fully saturated rings. The van der Waals surface area contributed by atoms with E-state index in [0.717, 1.165) is 25.2 Å². The molecule has 0 aliphatic carbocycles. The van der Waals surface area contributed by atoms with E-state index in [1.54, 1.807) is 30.7 Å². The van der Waals surface area contributed by atoms with E-state index in [2.05, 4.69) is 20.4 Å². The Morgan fingerprint density at radius 1 is 1.23 bits per heavy atom. The van der Waals surface area contributed by atoms with Gasteiger partial charge >= 0.3 is 0 Å². The number of aromatic nitrogens is 4. The lowest BCUT2D eigenvalue weighted by atomic mass is 10.0. The number of fused-ring (bicyclic) bond motifs is 1. The monoisotopic (exact) mass is 352 g/mol. The molecule has 0 bridgehead atoms. The number of hydrogen-bond donors (Lipinski definition) is 1. The van der Waals surface area contributed by atoms with E-state index in [0.29, 0.717) is 24.6 Å². The fraction of sp³-hybridized carbons (Fsp3) is 0.333. The van der Waals surface area contributed by atoms with Crippen molar-refractivity contribution in [1.82, 2.24) is 24.6 Å². The Morgan fingerprint density at radius 2 is 2.12 bits per heavy atom. The van der Waals surface area contributed by atoms with Crippen molar-refractivity contribution in [2.75, 3.05) is 18.4 Å². The van der Waals surface area contributed by atoms with Crippen molar-refractivity contribution in [3.05, 3.63) is 60.6 Å². The second-order valence-electron chi connectivity index (χ2n) is 6.36. The first-order valence-corrected chi connectivity index (χ1v) is 8.62. The van der Waals surface area contributed by atoms with E-state index in [1.807, 2.05) is 15.6 Å². The van der Waals surface area contributed by atoms with Gasteiger partial charge in [-0.2, -0.15) is 5.10 Å². The number of nitrogens with zero attached hydrogens (tertiary/aromatic N) is 5. The maximum atomic E-state index is 12.8. The van der Waals surface area contributed by atoms with Gasteiger partial charge in [0.25, 0.3) is 5.91 Å². The third-order valence-electron chi connectivity index (χ3n) is 4.52. The lowest BCUT2D eigenvalue weighted by Gasteiger charge is -2.23. The average Bonchev–Trinajstić information content (AvgIpc) is 3.31. The number of amides is 1. The predicted octanol–water partition coefficient (Wildman–Crippen LogP) is 2.04.